The number of rotatable bonds is 9. The molecule has 3 heteroatoms. The van der Waals surface area contributed by atoms with Crippen LogP contribution in [0.25, 0.3) is 0 Å². The van der Waals surface area contributed by atoms with Crippen molar-refractivity contribution in [3.63, 3.8) is 0 Å². The Morgan fingerprint density at radius 2 is 1.86 bits per heavy atom. The molecule has 86 valence electrons. The van der Waals surface area contributed by atoms with Crippen molar-refractivity contribution in [3.8, 4) is 0 Å². The third kappa shape index (κ3) is 7.30. The maximum absolute atomic E-state index is 9.29. The van der Waals surface area contributed by atoms with Gasteiger partial charge < -0.3 is 15.3 Å². The van der Waals surface area contributed by atoms with Crippen molar-refractivity contribution in [1.82, 2.24) is 10.2 Å². The summed E-state index contributed by atoms with van der Waals surface area (Å²) in [7, 11) is 0. The van der Waals surface area contributed by atoms with E-state index in [9.17, 15) is 5.11 Å². The van der Waals surface area contributed by atoms with Crippen LogP contribution < -0.4 is 5.32 Å². The van der Waals surface area contributed by atoms with Crippen molar-refractivity contribution in [2.24, 2.45) is 0 Å². The van der Waals surface area contributed by atoms with E-state index < -0.39 is 0 Å². The predicted molar refractivity (Wildman–Crippen MR) is 61.6 cm³/mol. The number of nitrogens with zero attached hydrogens (tertiary/aromatic N) is 1. The maximum Gasteiger partial charge on any atom is 0.0662 e. The van der Waals surface area contributed by atoms with Crippen LogP contribution in [0.5, 0.6) is 0 Å². The highest BCUT2D eigenvalue weighted by Gasteiger charge is 2.00. The van der Waals surface area contributed by atoms with Gasteiger partial charge in [0.15, 0.2) is 0 Å². The van der Waals surface area contributed by atoms with E-state index in [0.717, 1.165) is 45.6 Å². The molecular weight excluding hydrogens is 176 g/mol. The molecular formula is C11H26N2O. The van der Waals surface area contributed by atoms with E-state index in [0.29, 0.717) is 0 Å². The van der Waals surface area contributed by atoms with Crippen LogP contribution in [-0.2, 0) is 0 Å². The first-order valence-electron chi connectivity index (χ1n) is 5.85. The fourth-order valence-corrected chi connectivity index (χ4v) is 1.38. The molecule has 0 aliphatic carbocycles. The molecule has 2 N–H and O–H groups in total. The number of hydrogen-bond acceptors (Lipinski definition) is 3. The third-order valence-electron chi connectivity index (χ3n) is 2.57. The lowest BCUT2D eigenvalue weighted by Gasteiger charge is -2.18. The summed E-state index contributed by atoms with van der Waals surface area (Å²) in [5.41, 5.74) is 0. The molecule has 0 aliphatic rings. The molecule has 0 aliphatic heterocycles. The number of nitrogens with one attached hydrogen (secondary N) is 1. The van der Waals surface area contributed by atoms with Gasteiger partial charge in [-0.05, 0) is 39.0 Å². The van der Waals surface area contributed by atoms with Crippen LogP contribution in [-0.4, -0.2) is 48.8 Å². The van der Waals surface area contributed by atoms with Gasteiger partial charge in [0.05, 0.1) is 6.10 Å². The molecule has 14 heavy (non-hydrogen) atoms. The molecule has 0 saturated carbocycles. The largest absolute Gasteiger partial charge is 0.392 e. The Morgan fingerprint density at radius 3 is 2.36 bits per heavy atom. The van der Waals surface area contributed by atoms with Gasteiger partial charge in [-0.15, -0.1) is 0 Å². The van der Waals surface area contributed by atoms with Gasteiger partial charge in [0, 0.05) is 6.54 Å². The molecule has 0 aromatic rings. The summed E-state index contributed by atoms with van der Waals surface area (Å²) >= 11 is 0. The van der Waals surface area contributed by atoms with E-state index in [-0.39, 0.29) is 6.10 Å². The monoisotopic (exact) mass is 202 g/mol. The zero-order chi connectivity index (χ0) is 10.8. The molecule has 0 bridgehead atoms. The second kappa shape index (κ2) is 9.44. The summed E-state index contributed by atoms with van der Waals surface area (Å²) in [5.74, 6) is 0. The molecule has 1 unspecified atom stereocenters. The van der Waals surface area contributed by atoms with Crippen LogP contribution in [0.2, 0.25) is 0 Å². The molecule has 3 nitrogen and oxygen atoms in total. The van der Waals surface area contributed by atoms with Crippen molar-refractivity contribution in [1.29, 1.82) is 0 Å². The Balaban J connectivity index is 3.20. The van der Waals surface area contributed by atoms with Gasteiger partial charge in [0.1, 0.15) is 0 Å². The summed E-state index contributed by atoms with van der Waals surface area (Å²) in [5, 5.41) is 12.5. The summed E-state index contributed by atoms with van der Waals surface area (Å²) < 4.78 is 0. The highest BCUT2D eigenvalue weighted by atomic mass is 16.3. The van der Waals surface area contributed by atoms with Crippen LogP contribution in [0.3, 0.4) is 0 Å². The third-order valence-corrected chi connectivity index (χ3v) is 2.57. The minimum Gasteiger partial charge on any atom is -0.392 e. The second-order valence-corrected chi connectivity index (χ2v) is 3.65. The van der Waals surface area contributed by atoms with Gasteiger partial charge in [-0.3, -0.25) is 0 Å². The molecule has 0 rings (SSSR count). The zero-order valence-electron chi connectivity index (χ0n) is 9.92. The summed E-state index contributed by atoms with van der Waals surface area (Å²) in [6.07, 6.45) is 1.82. The maximum atomic E-state index is 9.29. The molecule has 0 aromatic heterocycles. The van der Waals surface area contributed by atoms with Crippen molar-refractivity contribution in [2.75, 3.05) is 32.7 Å². The Labute approximate surface area is 88.5 Å². The van der Waals surface area contributed by atoms with Crippen molar-refractivity contribution in [2.45, 2.75) is 39.7 Å². The van der Waals surface area contributed by atoms with E-state index in [2.05, 4.69) is 24.1 Å². The van der Waals surface area contributed by atoms with Crippen LogP contribution in [0.1, 0.15) is 33.6 Å². The normalized spacial score (nSPS) is 13.5. The molecule has 0 heterocycles. The first kappa shape index (κ1) is 13.9. The quantitative estimate of drug-likeness (QED) is 0.549. The van der Waals surface area contributed by atoms with Gasteiger partial charge >= 0.3 is 0 Å². The van der Waals surface area contributed by atoms with Crippen LogP contribution in [0.15, 0.2) is 0 Å². The van der Waals surface area contributed by atoms with E-state index in [1.165, 1.54) is 0 Å². The predicted octanol–water partition coefficient (Wildman–Crippen LogP) is 1.08. The standard InChI is InChI=1S/C11H26N2O/c1-4-11(14)10-12-8-7-9-13(5-2)6-3/h11-12,14H,4-10H2,1-3H3. The highest BCUT2D eigenvalue weighted by molar-refractivity contribution is 4.58. The van der Waals surface area contributed by atoms with Crippen LogP contribution >= 0.6 is 0 Å². The van der Waals surface area contributed by atoms with E-state index >= 15 is 0 Å². The lowest BCUT2D eigenvalue weighted by Crippen LogP contribution is -2.30. The first-order chi connectivity index (χ1) is 6.74. The van der Waals surface area contributed by atoms with Gasteiger partial charge in [0.2, 0.25) is 0 Å². The summed E-state index contributed by atoms with van der Waals surface area (Å²) in [6.45, 7) is 11.5. The second-order valence-electron chi connectivity index (χ2n) is 3.65. The Hall–Kier alpha value is -0.120. The number of aliphatic hydroxyl groups is 1. The van der Waals surface area contributed by atoms with Crippen molar-refractivity contribution in [3.05, 3.63) is 0 Å². The average Bonchev–Trinajstić information content (AvgIpc) is 2.23. The van der Waals surface area contributed by atoms with Gasteiger partial charge in [-0.1, -0.05) is 20.8 Å². The van der Waals surface area contributed by atoms with Crippen molar-refractivity contribution >= 4 is 0 Å². The molecule has 0 spiro atoms. The minimum absolute atomic E-state index is 0.177. The lowest BCUT2D eigenvalue weighted by molar-refractivity contribution is 0.167. The van der Waals surface area contributed by atoms with Crippen LogP contribution in [0, 0.1) is 0 Å². The van der Waals surface area contributed by atoms with E-state index in [1.54, 1.807) is 0 Å². The van der Waals surface area contributed by atoms with E-state index in [4.69, 9.17) is 0 Å². The smallest absolute Gasteiger partial charge is 0.0662 e. The SMILES string of the molecule is CCC(O)CNCCCN(CC)CC. The summed E-state index contributed by atoms with van der Waals surface area (Å²) in [6, 6.07) is 0. The fourth-order valence-electron chi connectivity index (χ4n) is 1.38. The Morgan fingerprint density at radius 1 is 1.21 bits per heavy atom. The van der Waals surface area contributed by atoms with E-state index in [1.807, 2.05) is 6.92 Å². The first-order valence-corrected chi connectivity index (χ1v) is 5.85. The molecule has 0 fully saturated rings. The molecule has 0 aromatic carbocycles. The Kier molecular flexibility index (Phi) is 9.35. The fraction of sp³-hybridized carbons (Fsp3) is 1.00. The number of hydrogen-bond donors (Lipinski definition) is 2. The lowest BCUT2D eigenvalue weighted by atomic mass is 10.3. The average molecular weight is 202 g/mol. The van der Waals surface area contributed by atoms with Gasteiger partial charge in [-0.25, -0.2) is 0 Å². The van der Waals surface area contributed by atoms with Gasteiger partial charge in [0.25, 0.3) is 0 Å². The molecule has 0 radical (unpaired) electrons. The molecule has 0 amide bonds. The molecule has 0 saturated heterocycles. The zero-order valence-corrected chi connectivity index (χ0v) is 9.92. The van der Waals surface area contributed by atoms with Crippen LogP contribution in [0.4, 0.5) is 0 Å². The number of aliphatic hydroxyl groups excluding tert-OH is 1. The topological polar surface area (TPSA) is 35.5 Å². The summed E-state index contributed by atoms with van der Waals surface area (Å²) in [4.78, 5) is 2.41. The van der Waals surface area contributed by atoms with Crippen molar-refractivity contribution < 1.29 is 5.11 Å². The minimum atomic E-state index is -0.177. The van der Waals surface area contributed by atoms with Gasteiger partial charge in [-0.2, -0.15) is 0 Å². The Bertz CT molecular complexity index is 116. The highest BCUT2D eigenvalue weighted by Crippen LogP contribution is 1.90. The molecule has 1 atom stereocenters.